The molecule has 8 nitrogen and oxygen atoms in total. The average molecular weight is 384 g/mol. The van der Waals surface area contributed by atoms with Crippen LogP contribution in [0, 0.1) is 6.92 Å². The van der Waals surface area contributed by atoms with Crippen molar-refractivity contribution in [1.82, 2.24) is 29.5 Å². The lowest BCUT2D eigenvalue weighted by atomic mass is 10.1. The Kier molecular flexibility index (Phi) is 4.02. The van der Waals surface area contributed by atoms with Gasteiger partial charge in [-0.25, -0.2) is 9.67 Å². The summed E-state index contributed by atoms with van der Waals surface area (Å²) in [6, 6.07) is 17.4. The average Bonchev–Trinajstić information content (AvgIpc) is 3.39. The van der Waals surface area contributed by atoms with Crippen molar-refractivity contribution in [3.05, 3.63) is 88.9 Å². The lowest BCUT2D eigenvalue weighted by molar-refractivity contribution is 0.420. The maximum atomic E-state index is 12.9. The molecule has 3 aromatic heterocycles. The first kappa shape index (κ1) is 17.1. The second-order valence-electron chi connectivity index (χ2n) is 6.69. The quantitative estimate of drug-likeness (QED) is 0.473. The molecule has 2 aromatic carbocycles. The number of hydrogen-bond donors (Lipinski definition) is 0. The number of para-hydroxylation sites is 1. The molecule has 0 bridgehead atoms. The number of benzene rings is 2. The summed E-state index contributed by atoms with van der Waals surface area (Å²) in [5.74, 6) is 0.818. The third-order valence-corrected chi connectivity index (χ3v) is 4.63. The van der Waals surface area contributed by atoms with E-state index < -0.39 is 0 Å². The van der Waals surface area contributed by atoms with Gasteiger partial charge in [0.05, 0.1) is 18.4 Å². The predicted molar refractivity (Wildman–Crippen MR) is 107 cm³/mol. The maximum Gasteiger partial charge on any atom is 0.264 e. The number of hydrogen-bond acceptors (Lipinski definition) is 6. The summed E-state index contributed by atoms with van der Waals surface area (Å²) in [7, 11) is 0. The summed E-state index contributed by atoms with van der Waals surface area (Å²) in [5, 5.41) is 8.74. The van der Waals surface area contributed by atoms with Crippen LogP contribution in [-0.4, -0.2) is 29.5 Å². The summed E-state index contributed by atoms with van der Waals surface area (Å²) in [6.07, 6.45) is 3.01. The molecule has 0 aliphatic carbocycles. The van der Waals surface area contributed by atoms with Crippen LogP contribution in [0.2, 0.25) is 0 Å². The minimum absolute atomic E-state index is 0.160. The standard InChI is InChI=1S/C21H16N6O2/c1-14-7-9-15(10-8-14)20-24-18(25-29-20)12-26-13-22-19-17(21(26)28)11-23-27(19)16-5-3-2-4-6-16/h2-11,13H,12H2,1H3. The fourth-order valence-electron chi connectivity index (χ4n) is 3.10. The first-order valence-electron chi connectivity index (χ1n) is 9.07. The minimum atomic E-state index is -0.209. The Morgan fingerprint density at radius 1 is 1.03 bits per heavy atom. The maximum absolute atomic E-state index is 12.9. The smallest absolute Gasteiger partial charge is 0.264 e. The van der Waals surface area contributed by atoms with Gasteiger partial charge in [-0.3, -0.25) is 9.36 Å². The topological polar surface area (TPSA) is 91.6 Å². The summed E-state index contributed by atoms with van der Waals surface area (Å²) in [5.41, 5.74) is 3.12. The van der Waals surface area contributed by atoms with Gasteiger partial charge in [-0.15, -0.1) is 0 Å². The van der Waals surface area contributed by atoms with Crippen LogP contribution in [0.5, 0.6) is 0 Å². The molecule has 0 fully saturated rings. The van der Waals surface area contributed by atoms with Crippen LogP contribution in [0.1, 0.15) is 11.4 Å². The molecule has 0 spiro atoms. The first-order chi connectivity index (χ1) is 14.2. The van der Waals surface area contributed by atoms with E-state index in [0.717, 1.165) is 16.8 Å². The zero-order chi connectivity index (χ0) is 19.8. The van der Waals surface area contributed by atoms with Crippen LogP contribution in [0.3, 0.4) is 0 Å². The van der Waals surface area contributed by atoms with Gasteiger partial charge in [-0.05, 0) is 31.2 Å². The highest BCUT2D eigenvalue weighted by Crippen LogP contribution is 2.18. The lowest BCUT2D eigenvalue weighted by Crippen LogP contribution is -2.21. The van der Waals surface area contributed by atoms with Gasteiger partial charge in [0.1, 0.15) is 11.7 Å². The van der Waals surface area contributed by atoms with Crippen molar-refractivity contribution in [2.24, 2.45) is 0 Å². The molecule has 0 aliphatic rings. The highest BCUT2D eigenvalue weighted by atomic mass is 16.5. The molecule has 5 aromatic rings. The van der Waals surface area contributed by atoms with Gasteiger partial charge in [0.25, 0.3) is 11.4 Å². The molecule has 29 heavy (non-hydrogen) atoms. The molecule has 5 rings (SSSR count). The Bertz CT molecular complexity index is 1350. The number of aryl methyl sites for hydroxylation is 1. The summed E-state index contributed by atoms with van der Waals surface area (Å²) in [6.45, 7) is 2.17. The van der Waals surface area contributed by atoms with E-state index in [-0.39, 0.29) is 12.1 Å². The van der Waals surface area contributed by atoms with E-state index in [0.29, 0.717) is 22.7 Å². The molecule has 0 saturated heterocycles. The summed E-state index contributed by atoms with van der Waals surface area (Å²) < 4.78 is 8.43. The molecule has 0 unspecified atom stereocenters. The SMILES string of the molecule is Cc1ccc(-c2nc(Cn3cnc4c(cnn4-c4ccccc4)c3=O)no2)cc1. The molecule has 0 saturated carbocycles. The Morgan fingerprint density at radius 2 is 1.83 bits per heavy atom. The molecule has 142 valence electrons. The zero-order valence-electron chi connectivity index (χ0n) is 15.6. The zero-order valence-corrected chi connectivity index (χ0v) is 15.6. The molecule has 8 heteroatoms. The van der Waals surface area contributed by atoms with Crippen molar-refractivity contribution in [3.8, 4) is 17.1 Å². The van der Waals surface area contributed by atoms with E-state index in [9.17, 15) is 4.79 Å². The number of nitrogens with zero attached hydrogens (tertiary/aromatic N) is 6. The molecule has 0 radical (unpaired) electrons. The van der Waals surface area contributed by atoms with Crippen LogP contribution in [0.25, 0.3) is 28.2 Å². The Morgan fingerprint density at radius 3 is 2.62 bits per heavy atom. The highest BCUT2D eigenvalue weighted by Gasteiger charge is 2.14. The van der Waals surface area contributed by atoms with Gasteiger partial charge in [0.2, 0.25) is 0 Å². The summed E-state index contributed by atoms with van der Waals surface area (Å²) in [4.78, 5) is 21.7. The van der Waals surface area contributed by atoms with E-state index in [1.165, 1.54) is 17.1 Å². The van der Waals surface area contributed by atoms with Gasteiger partial charge in [0.15, 0.2) is 11.5 Å². The fourth-order valence-corrected chi connectivity index (χ4v) is 3.10. The number of rotatable bonds is 4. The van der Waals surface area contributed by atoms with E-state index in [1.807, 2.05) is 61.5 Å². The van der Waals surface area contributed by atoms with Gasteiger partial charge in [-0.2, -0.15) is 10.1 Å². The molecule has 0 N–H and O–H groups in total. The molecule has 3 heterocycles. The Hall–Kier alpha value is -4.07. The number of aromatic nitrogens is 6. The van der Waals surface area contributed by atoms with Crippen molar-refractivity contribution in [3.63, 3.8) is 0 Å². The number of fused-ring (bicyclic) bond motifs is 1. The van der Waals surface area contributed by atoms with Crippen LogP contribution in [0.4, 0.5) is 0 Å². The van der Waals surface area contributed by atoms with Crippen molar-refractivity contribution in [2.75, 3.05) is 0 Å². The Labute approximate surface area is 165 Å². The van der Waals surface area contributed by atoms with Gasteiger partial charge in [-0.1, -0.05) is 41.1 Å². The minimum Gasteiger partial charge on any atom is -0.334 e. The monoisotopic (exact) mass is 384 g/mol. The van der Waals surface area contributed by atoms with Crippen LogP contribution in [0.15, 0.2) is 76.4 Å². The van der Waals surface area contributed by atoms with Crippen molar-refractivity contribution < 1.29 is 4.52 Å². The first-order valence-corrected chi connectivity index (χ1v) is 9.07. The normalized spacial score (nSPS) is 11.2. The third kappa shape index (κ3) is 3.10. The van der Waals surface area contributed by atoms with Crippen molar-refractivity contribution in [1.29, 1.82) is 0 Å². The van der Waals surface area contributed by atoms with E-state index in [1.54, 1.807) is 4.68 Å². The molecule has 0 amide bonds. The van der Waals surface area contributed by atoms with Gasteiger partial charge in [0, 0.05) is 5.56 Å². The van der Waals surface area contributed by atoms with Gasteiger partial charge >= 0.3 is 0 Å². The van der Waals surface area contributed by atoms with Gasteiger partial charge < -0.3 is 4.52 Å². The van der Waals surface area contributed by atoms with Crippen LogP contribution in [-0.2, 0) is 6.54 Å². The lowest BCUT2D eigenvalue weighted by Gasteiger charge is -2.04. The second-order valence-corrected chi connectivity index (χ2v) is 6.69. The fraction of sp³-hybridized carbons (Fsp3) is 0.0952. The Balaban J connectivity index is 1.47. The highest BCUT2D eigenvalue weighted by molar-refractivity contribution is 5.74. The molecular weight excluding hydrogens is 368 g/mol. The van der Waals surface area contributed by atoms with Crippen LogP contribution >= 0.6 is 0 Å². The van der Waals surface area contributed by atoms with E-state index in [4.69, 9.17) is 4.52 Å². The molecular formula is C21H16N6O2. The second kappa shape index (κ2) is 6.83. The predicted octanol–water partition coefficient (Wildman–Crippen LogP) is 2.99. The van der Waals surface area contributed by atoms with Crippen molar-refractivity contribution in [2.45, 2.75) is 13.5 Å². The van der Waals surface area contributed by atoms with E-state index >= 15 is 0 Å². The summed E-state index contributed by atoms with van der Waals surface area (Å²) >= 11 is 0. The third-order valence-electron chi connectivity index (χ3n) is 4.63. The largest absolute Gasteiger partial charge is 0.334 e. The van der Waals surface area contributed by atoms with Crippen molar-refractivity contribution >= 4 is 11.0 Å². The van der Waals surface area contributed by atoms with Crippen LogP contribution < -0.4 is 5.56 Å². The molecule has 0 aliphatic heterocycles. The van der Waals surface area contributed by atoms with E-state index in [2.05, 4.69) is 20.2 Å². The molecule has 0 atom stereocenters.